The average molecular weight is 482 g/mol. The molecule has 172 valence electrons. The van der Waals surface area contributed by atoms with Crippen LogP contribution in [0.2, 0.25) is 5.02 Å². The molecular formula is C20H24ClN5O5S. The van der Waals surface area contributed by atoms with Gasteiger partial charge in [-0.15, -0.1) is 0 Å². The third kappa shape index (κ3) is 6.09. The molecule has 1 aliphatic rings. The van der Waals surface area contributed by atoms with Crippen molar-refractivity contribution in [3.05, 3.63) is 51.5 Å². The van der Waals surface area contributed by atoms with Crippen molar-refractivity contribution < 1.29 is 18.1 Å². The highest BCUT2D eigenvalue weighted by atomic mass is 35.5. The Labute approximate surface area is 190 Å². The third-order valence-electron chi connectivity index (χ3n) is 5.09. The van der Waals surface area contributed by atoms with Gasteiger partial charge in [0.05, 0.1) is 20.5 Å². The van der Waals surface area contributed by atoms with E-state index in [2.05, 4.69) is 15.5 Å². The van der Waals surface area contributed by atoms with Gasteiger partial charge in [0.15, 0.2) is 0 Å². The van der Waals surface area contributed by atoms with Gasteiger partial charge in [-0.25, -0.2) is 13.6 Å². The third-order valence-corrected chi connectivity index (χ3v) is 6.30. The summed E-state index contributed by atoms with van der Waals surface area (Å²) in [6.07, 6.45) is 3.50. The van der Waals surface area contributed by atoms with E-state index in [0.717, 1.165) is 43.8 Å². The number of piperidine rings is 1. The van der Waals surface area contributed by atoms with E-state index in [-0.39, 0.29) is 29.5 Å². The minimum Gasteiger partial charge on any atom is -0.379 e. The molecule has 0 spiro atoms. The van der Waals surface area contributed by atoms with Gasteiger partial charge in [0.1, 0.15) is 5.69 Å². The average Bonchev–Trinajstić information content (AvgIpc) is 2.73. The normalized spacial score (nSPS) is 14.1. The minimum atomic E-state index is -4.07. The van der Waals surface area contributed by atoms with E-state index < -0.39 is 20.6 Å². The zero-order valence-corrected chi connectivity index (χ0v) is 18.8. The Morgan fingerprint density at radius 1 is 1.16 bits per heavy atom. The topological polar surface area (TPSA) is 148 Å². The summed E-state index contributed by atoms with van der Waals surface area (Å²) in [5.41, 5.74) is 1.15. The molecule has 12 heteroatoms. The number of benzene rings is 2. The number of nitro benzene ring substituents is 1. The van der Waals surface area contributed by atoms with Crippen LogP contribution in [0.15, 0.2) is 41.3 Å². The molecule has 0 atom stereocenters. The van der Waals surface area contributed by atoms with Gasteiger partial charge in [-0.05, 0) is 49.6 Å². The van der Waals surface area contributed by atoms with E-state index in [0.29, 0.717) is 10.7 Å². The summed E-state index contributed by atoms with van der Waals surface area (Å²) in [7, 11) is -4.07. The second-order valence-corrected chi connectivity index (χ2v) is 9.39. The number of sulfonamides is 1. The maximum absolute atomic E-state index is 12.3. The van der Waals surface area contributed by atoms with E-state index in [4.69, 9.17) is 16.7 Å². The standard InChI is InChI=1S/C20H24ClN5O5S/c21-16-12-14(4-7-18(16)25-10-2-1-3-11-25)24-20(27)8-9-23-17-6-5-15(32(22,30)31)13-19(17)26(28)29/h4-7,12-13,23H,1-3,8-11H2,(H,24,27)(H2,22,30,31). The van der Waals surface area contributed by atoms with Crippen molar-refractivity contribution in [3.8, 4) is 0 Å². The Bertz CT molecular complexity index is 1120. The number of halogens is 1. The summed E-state index contributed by atoms with van der Waals surface area (Å²) in [4.78, 5) is 24.7. The number of carbonyl (C=O) groups excluding carboxylic acids is 1. The number of amides is 1. The van der Waals surface area contributed by atoms with Gasteiger partial charge in [0.25, 0.3) is 5.69 Å². The molecule has 32 heavy (non-hydrogen) atoms. The number of anilines is 3. The van der Waals surface area contributed by atoms with Crippen molar-refractivity contribution in [2.45, 2.75) is 30.6 Å². The van der Waals surface area contributed by atoms with E-state index in [1.807, 2.05) is 6.07 Å². The fraction of sp³-hybridized carbons (Fsp3) is 0.350. The molecule has 2 aromatic rings. The van der Waals surface area contributed by atoms with Crippen LogP contribution in [0.1, 0.15) is 25.7 Å². The molecule has 0 aromatic heterocycles. The van der Waals surface area contributed by atoms with Crippen molar-refractivity contribution >= 4 is 50.3 Å². The number of rotatable bonds is 8. The smallest absolute Gasteiger partial charge is 0.293 e. The van der Waals surface area contributed by atoms with E-state index in [1.165, 1.54) is 12.5 Å². The highest BCUT2D eigenvalue weighted by Crippen LogP contribution is 2.31. The van der Waals surface area contributed by atoms with Crippen LogP contribution in [0.4, 0.5) is 22.7 Å². The first-order chi connectivity index (χ1) is 15.1. The Morgan fingerprint density at radius 2 is 1.88 bits per heavy atom. The summed E-state index contributed by atoms with van der Waals surface area (Å²) in [5, 5.41) is 22.4. The lowest BCUT2D eigenvalue weighted by atomic mass is 10.1. The molecular weight excluding hydrogens is 458 g/mol. The molecule has 10 nitrogen and oxygen atoms in total. The highest BCUT2D eigenvalue weighted by Gasteiger charge is 2.19. The van der Waals surface area contributed by atoms with Crippen LogP contribution < -0.4 is 20.7 Å². The first-order valence-corrected chi connectivity index (χ1v) is 12.0. The van der Waals surface area contributed by atoms with Crippen molar-refractivity contribution in [2.24, 2.45) is 5.14 Å². The molecule has 0 aliphatic carbocycles. The molecule has 3 rings (SSSR count). The van der Waals surface area contributed by atoms with Gasteiger partial charge < -0.3 is 15.5 Å². The maximum Gasteiger partial charge on any atom is 0.293 e. The number of primary sulfonamides is 1. The van der Waals surface area contributed by atoms with Crippen LogP contribution in [0.3, 0.4) is 0 Å². The summed E-state index contributed by atoms with van der Waals surface area (Å²) >= 11 is 6.40. The molecule has 1 aliphatic heterocycles. The fourth-order valence-corrected chi connectivity index (χ4v) is 4.33. The molecule has 0 bridgehead atoms. The first-order valence-electron chi connectivity index (χ1n) is 10.0. The van der Waals surface area contributed by atoms with Gasteiger partial charge in [-0.3, -0.25) is 14.9 Å². The summed E-state index contributed by atoms with van der Waals surface area (Å²) in [5.74, 6) is -0.303. The number of nitrogens with one attached hydrogen (secondary N) is 2. The van der Waals surface area contributed by atoms with Crippen LogP contribution in [-0.2, 0) is 14.8 Å². The highest BCUT2D eigenvalue weighted by molar-refractivity contribution is 7.89. The summed E-state index contributed by atoms with van der Waals surface area (Å²) in [6.45, 7) is 2.02. The number of nitrogens with zero attached hydrogens (tertiary/aromatic N) is 2. The van der Waals surface area contributed by atoms with Crippen LogP contribution in [0.5, 0.6) is 0 Å². The van der Waals surface area contributed by atoms with Crippen molar-refractivity contribution in [1.82, 2.24) is 0 Å². The number of carbonyl (C=O) groups is 1. The fourth-order valence-electron chi connectivity index (χ4n) is 3.50. The number of nitrogens with two attached hydrogens (primary N) is 1. The maximum atomic E-state index is 12.3. The monoisotopic (exact) mass is 481 g/mol. The second-order valence-electron chi connectivity index (χ2n) is 7.42. The summed E-state index contributed by atoms with van der Waals surface area (Å²) < 4.78 is 22.8. The minimum absolute atomic E-state index is 0.0274. The SMILES string of the molecule is NS(=O)(=O)c1ccc(NCCC(=O)Nc2ccc(N3CCCCC3)c(Cl)c2)c([N+](=O)[O-])c1. The largest absolute Gasteiger partial charge is 0.379 e. The molecule has 1 saturated heterocycles. The number of hydrogen-bond acceptors (Lipinski definition) is 7. The Balaban J connectivity index is 1.57. The van der Waals surface area contributed by atoms with E-state index in [1.54, 1.807) is 12.1 Å². The molecule has 1 heterocycles. The van der Waals surface area contributed by atoms with Gasteiger partial charge in [0, 0.05) is 37.8 Å². The van der Waals surface area contributed by atoms with Gasteiger partial charge >= 0.3 is 0 Å². The molecule has 0 radical (unpaired) electrons. The molecule has 0 saturated carbocycles. The molecule has 2 aromatic carbocycles. The Hall–Kier alpha value is -2.89. The molecule has 1 fully saturated rings. The van der Waals surface area contributed by atoms with Crippen LogP contribution in [0.25, 0.3) is 0 Å². The predicted octanol–water partition coefficient (Wildman–Crippen LogP) is 3.33. The van der Waals surface area contributed by atoms with Crippen molar-refractivity contribution in [3.63, 3.8) is 0 Å². The zero-order chi connectivity index (χ0) is 23.3. The molecule has 4 N–H and O–H groups in total. The van der Waals surface area contributed by atoms with E-state index >= 15 is 0 Å². The predicted molar refractivity (Wildman–Crippen MR) is 124 cm³/mol. The lowest BCUT2D eigenvalue weighted by Crippen LogP contribution is -2.29. The van der Waals surface area contributed by atoms with Crippen LogP contribution in [-0.4, -0.2) is 38.9 Å². The lowest BCUT2D eigenvalue weighted by molar-refractivity contribution is -0.384. The Morgan fingerprint density at radius 3 is 2.50 bits per heavy atom. The molecule has 0 unspecified atom stereocenters. The quantitative estimate of drug-likeness (QED) is 0.386. The van der Waals surface area contributed by atoms with Gasteiger partial charge in [-0.2, -0.15) is 0 Å². The zero-order valence-electron chi connectivity index (χ0n) is 17.2. The molecule has 1 amide bonds. The van der Waals surface area contributed by atoms with Crippen molar-refractivity contribution in [1.29, 1.82) is 0 Å². The van der Waals surface area contributed by atoms with E-state index in [9.17, 15) is 23.3 Å². The lowest BCUT2D eigenvalue weighted by Gasteiger charge is -2.29. The van der Waals surface area contributed by atoms with Gasteiger partial charge in [0.2, 0.25) is 15.9 Å². The number of hydrogen-bond donors (Lipinski definition) is 3. The first kappa shape index (κ1) is 23.8. The van der Waals surface area contributed by atoms with Gasteiger partial charge in [-0.1, -0.05) is 11.6 Å². The number of nitro groups is 1. The second kappa shape index (κ2) is 10.2. The van der Waals surface area contributed by atoms with Crippen molar-refractivity contribution in [2.75, 3.05) is 35.2 Å². The Kier molecular flexibility index (Phi) is 7.54. The van der Waals surface area contributed by atoms with Crippen LogP contribution >= 0.6 is 11.6 Å². The summed E-state index contributed by atoms with van der Waals surface area (Å²) in [6, 6.07) is 8.67. The van der Waals surface area contributed by atoms with Crippen LogP contribution in [0, 0.1) is 10.1 Å².